The summed E-state index contributed by atoms with van der Waals surface area (Å²) < 4.78 is 2.52. The molecule has 18 heavy (non-hydrogen) atoms. The topological polar surface area (TPSA) is 4.93 Å². The van der Waals surface area contributed by atoms with Gasteiger partial charge in [-0.2, -0.15) is 0 Å². The summed E-state index contributed by atoms with van der Waals surface area (Å²) in [4.78, 5) is 0. The zero-order chi connectivity index (χ0) is 12.4. The van der Waals surface area contributed by atoms with Gasteiger partial charge < -0.3 is 4.57 Å². The minimum Gasteiger partial charge on any atom is -0.344 e. The van der Waals surface area contributed by atoms with Crippen LogP contribution in [0.15, 0.2) is 36.4 Å². The Morgan fingerprint density at radius 1 is 1.00 bits per heavy atom. The van der Waals surface area contributed by atoms with E-state index >= 15 is 0 Å². The van der Waals surface area contributed by atoms with E-state index in [2.05, 4.69) is 47.9 Å². The average Bonchev–Trinajstić information content (AvgIpc) is 2.56. The van der Waals surface area contributed by atoms with Crippen molar-refractivity contribution in [3.8, 4) is 0 Å². The van der Waals surface area contributed by atoms with Gasteiger partial charge in [-0.25, -0.2) is 0 Å². The number of hydrogen-bond donors (Lipinski definition) is 0. The smallest absolute Gasteiger partial charge is 0.0475 e. The van der Waals surface area contributed by atoms with Gasteiger partial charge in [0.25, 0.3) is 0 Å². The molecule has 1 aliphatic rings. The van der Waals surface area contributed by atoms with Crippen molar-refractivity contribution in [3.63, 3.8) is 0 Å². The first-order valence-electron chi connectivity index (χ1n) is 7.06. The molecule has 0 bridgehead atoms. The lowest BCUT2D eigenvalue weighted by Gasteiger charge is -2.12. The molecule has 0 spiro atoms. The second-order valence-electron chi connectivity index (χ2n) is 5.39. The van der Waals surface area contributed by atoms with Gasteiger partial charge in [-0.3, -0.25) is 0 Å². The Morgan fingerprint density at radius 2 is 1.78 bits per heavy atom. The number of benzene rings is 1. The van der Waals surface area contributed by atoms with E-state index in [9.17, 15) is 0 Å². The van der Waals surface area contributed by atoms with Crippen molar-refractivity contribution in [1.82, 2.24) is 4.57 Å². The zero-order valence-electron chi connectivity index (χ0n) is 11.2. The molecule has 0 atom stereocenters. The van der Waals surface area contributed by atoms with Crippen LogP contribution in [-0.2, 0) is 19.4 Å². The molecule has 1 heterocycles. The number of fused-ring (bicyclic) bond motifs is 1. The lowest BCUT2D eigenvalue weighted by Crippen LogP contribution is -2.06. The van der Waals surface area contributed by atoms with Crippen molar-refractivity contribution >= 4 is 0 Å². The lowest BCUT2D eigenvalue weighted by atomic mass is 10.1. The standard InChI is InChI=1S/C17H21N/c1-14-12-16-10-6-3-7-11-17(16)18(14)13-15-8-4-2-5-9-15/h2,4-5,8-9,12H,3,6-7,10-11,13H2,1H3. The van der Waals surface area contributed by atoms with E-state index < -0.39 is 0 Å². The third-order valence-electron chi connectivity index (χ3n) is 4.05. The molecule has 0 unspecified atom stereocenters. The predicted octanol–water partition coefficient (Wildman–Crippen LogP) is 4.11. The Bertz CT molecular complexity index is 522. The fourth-order valence-electron chi connectivity index (χ4n) is 3.08. The molecular formula is C17H21N. The number of nitrogens with zero attached hydrogens (tertiary/aromatic N) is 1. The maximum absolute atomic E-state index is 2.52. The van der Waals surface area contributed by atoms with Gasteiger partial charge in [-0.05, 0) is 49.8 Å². The molecule has 0 amide bonds. The third-order valence-corrected chi connectivity index (χ3v) is 4.05. The van der Waals surface area contributed by atoms with Crippen molar-refractivity contribution < 1.29 is 0 Å². The molecule has 1 nitrogen and oxygen atoms in total. The Hall–Kier alpha value is -1.50. The summed E-state index contributed by atoms with van der Waals surface area (Å²) in [7, 11) is 0. The minimum absolute atomic E-state index is 1.03. The highest BCUT2D eigenvalue weighted by atomic mass is 15.0. The highest BCUT2D eigenvalue weighted by molar-refractivity contribution is 5.30. The van der Waals surface area contributed by atoms with Crippen molar-refractivity contribution in [2.24, 2.45) is 0 Å². The summed E-state index contributed by atoms with van der Waals surface area (Å²) in [5.74, 6) is 0. The number of rotatable bonds is 2. The third kappa shape index (κ3) is 2.22. The van der Waals surface area contributed by atoms with E-state index in [1.54, 1.807) is 11.3 Å². The summed E-state index contributed by atoms with van der Waals surface area (Å²) in [5, 5.41) is 0. The Kier molecular flexibility index (Phi) is 3.22. The van der Waals surface area contributed by atoms with Gasteiger partial charge in [0, 0.05) is 17.9 Å². The maximum Gasteiger partial charge on any atom is 0.0475 e. The molecule has 0 saturated heterocycles. The summed E-state index contributed by atoms with van der Waals surface area (Å²) >= 11 is 0. The highest BCUT2D eigenvalue weighted by Gasteiger charge is 2.15. The molecule has 1 aromatic carbocycles. The highest BCUT2D eigenvalue weighted by Crippen LogP contribution is 2.25. The van der Waals surface area contributed by atoms with Gasteiger partial charge in [0.1, 0.15) is 0 Å². The first-order valence-corrected chi connectivity index (χ1v) is 7.06. The second kappa shape index (κ2) is 5.01. The Balaban J connectivity index is 1.94. The fourth-order valence-corrected chi connectivity index (χ4v) is 3.08. The van der Waals surface area contributed by atoms with Crippen LogP contribution in [-0.4, -0.2) is 4.57 Å². The van der Waals surface area contributed by atoms with Crippen molar-refractivity contribution in [2.45, 2.75) is 45.6 Å². The van der Waals surface area contributed by atoms with Gasteiger partial charge in [-0.1, -0.05) is 36.8 Å². The normalized spacial score (nSPS) is 15.2. The molecule has 1 aromatic heterocycles. The summed E-state index contributed by atoms with van der Waals surface area (Å²) in [6.07, 6.45) is 6.64. The van der Waals surface area contributed by atoms with Crippen molar-refractivity contribution in [1.29, 1.82) is 0 Å². The van der Waals surface area contributed by atoms with Crippen LogP contribution in [0.1, 0.15) is 41.8 Å². The molecule has 0 aliphatic heterocycles. The van der Waals surface area contributed by atoms with E-state index in [-0.39, 0.29) is 0 Å². The average molecular weight is 239 g/mol. The minimum atomic E-state index is 1.03. The Morgan fingerprint density at radius 3 is 2.61 bits per heavy atom. The molecule has 0 N–H and O–H groups in total. The first kappa shape index (κ1) is 11.6. The molecule has 0 saturated carbocycles. The maximum atomic E-state index is 2.52. The number of hydrogen-bond acceptors (Lipinski definition) is 0. The van der Waals surface area contributed by atoms with Crippen LogP contribution >= 0.6 is 0 Å². The molecule has 2 aromatic rings. The lowest BCUT2D eigenvalue weighted by molar-refractivity contribution is 0.670. The molecule has 1 aliphatic carbocycles. The first-order chi connectivity index (χ1) is 8.84. The summed E-state index contributed by atoms with van der Waals surface area (Å²) in [6, 6.07) is 13.2. The zero-order valence-corrected chi connectivity index (χ0v) is 11.2. The van der Waals surface area contributed by atoms with E-state index in [0.29, 0.717) is 0 Å². The van der Waals surface area contributed by atoms with Crippen LogP contribution in [0.25, 0.3) is 0 Å². The second-order valence-corrected chi connectivity index (χ2v) is 5.39. The van der Waals surface area contributed by atoms with E-state index in [1.165, 1.54) is 43.4 Å². The van der Waals surface area contributed by atoms with Gasteiger partial charge in [0.15, 0.2) is 0 Å². The van der Waals surface area contributed by atoms with Gasteiger partial charge >= 0.3 is 0 Å². The van der Waals surface area contributed by atoms with Crippen LogP contribution in [0, 0.1) is 6.92 Å². The van der Waals surface area contributed by atoms with Crippen LogP contribution in [0.2, 0.25) is 0 Å². The molecule has 1 heteroatoms. The van der Waals surface area contributed by atoms with Crippen LogP contribution < -0.4 is 0 Å². The van der Waals surface area contributed by atoms with E-state index in [0.717, 1.165) is 6.54 Å². The quantitative estimate of drug-likeness (QED) is 0.695. The SMILES string of the molecule is Cc1cc2c(n1Cc1ccccc1)CCCCC2. The van der Waals surface area contributed by atoms with Crippen molar-refractivity contribution in [2.75, 3.05) is 0 Å². The summed E-state index contributed by atoms with van der Waals surface area (Å²) in [5.41, 5.74) is 6.02. The van der Waals surface area contributed by atoms with Crippen LogP contribution in [0.5, 0.6) is 0 Å². The number of aromatic nitrogens is 1. The van der Waals surface area contributed by atoms with Gasteiger partial charge in [0.05, 0.1) is 0 Å². The van der Waals surface area contributed by atoms with Gasteiger partial charge in [-0.15, -0.1) is 0 Å². The molecule has 94 valence electrons. The van der Waals surface area contributed by atoms with E-state index in [1.807, 2.05) is 0 Å². The molecule has 3 rings (SSSR count). The van der Waals surface area contributed by atoms with Gasteiger partial charge in [0.2, 0.25) is 0 Å². The molecule has 0 radical (unpaired) electrons. The summed E-state index contributed by atoms with van der Waals surface area (Å²) in [6.45, 7) is 3.28. The fraction of sp³-hybridized carbons (Fsp3) is 0.412. The molecule has 0 fully saturated rings. The van der Waals surface area contributed by atoms with Crippen molar-refractivity contribution in [3.05, 3.63) is 58.9 Å². The Labute approximate surface area is 109 Å². The van der Waals surface area contributed by atoms with Crippen LogP contribution in [0.4, 0.5) is 0 Å². The van der Waals surface area contributed by atoms with E-state index in [4.69, 9.17) is 0 Å². The van der Waals surface area contributed by atoms with Crippen LogP contribution in [0.3, 0.4) is 0 Å². The molecular weight excluding hydrogens is 218 g/mol. The monoisotopic (exact) mass is 239 g/mol. The predicted molar refractivity (Wildman–Crippen MR) is 76.0 cm³/mol. The number of aryl methyl sites for hydroxylation is 2. The largest absolute Gasteiger partial charge is 0.344 e.